The maximum atomic E-state index is 12.1. The lowest BCUT2D eigenvalue weighted by molar-refractivity contribution is 0.174. The second kappa shape index (κ2) is 8.34. The summed E-state index contributed by atoms with van der Waals surface area (Å²) < 4.78 is 24.1. The summed E-state index contributed by atoms with van der Waals surface area (Å²) in [5.41, 5.74) is 0.805. The van der Waals surface area contributed by atoms with Crippen molar-refractivity contribution in [3.05, 3.63) is 35.9 Å². The second-order valence-electron chi connectivity index (χ2n) is 6.33. The number of carbonyl (C=O) groups excluding carboxylic acids is 1. The topological polar surface area (TPSA) is 66.5 Å². The summed E-state index contributed by atoms with van der Waals surface area (Å²) >= 11 is 0. The molecule has 1 aliphatic rings. The van der Waals surface area contributed by atoms with Crippen molar-refractivity contribution in [1.29, 1.82) is 0 Å². The molecule has 0 atom stereocenters. The van der Waals surface area contributed by atoms with E-state index in [9.17, 15) is 13.2 Å². The Hall–Kier alpha value is -1.56. The van der Waals surface area contributed by atoms with Gasteiger partial charge in [0.1, 0.15) is 0 Å². The lowest BCUT2D eigenvalue weighted by atomic mass is 10.00. The summed E-state index contributed by atoms with van der Waals surface area (Å²) in [7, 11) is -3.13. The van der Waals surface area contributed by atoms with Crippen molar-refractivity contribution in [3.63, 3.8) is 0 Å². The molecule has 1 N–H and O–H groups in total. The van der Waals surface area contributed by atoms with Gasteiger partial charge in [0.2, 0.25) is 0 Å². The predicted molar refractivity (Wildman–Crippen MR) is 91.9 cm³/mol. The Balaban J connectivity index is 1.67. The lowest BCUT2D eigenvalue weighted by Gasteiger charge is -2.30. The molecule has 1 aromatic rings. The van der Waals surface area contributed by atoms with Gasteiger partial charge in [0.25, 0.3) is 0 Å². The number of urea groups is 1. The number of hydrogen-bond donors (Lipinski definition) is 1. The fraction of sp³-hybridized carbons (Fsp3) is 0.588. The number of nitrogens with one attached hydrogen (secondary N) is 1. The lowest BCUT2D eigenvalue weighted by Crippen LogP contribution is -2.44. The number of benzene rings is 1. The molecular formula is C17H26N2O3S. The van der Waals surface area contributed by atoms with Gasteiger partial charge in [-0.2, -0.15) is 0 Å². The minimum Gasteiger partial charge on any atom is -0.338 e. The van der Waals surface area contributed by atoms with Gasteiger partial charge >= 0.3 is 6.03 Å². The van der Waals surface area contributed by atoms with Gasteiger partial charge in [0, 0.05) is 19.6 Å². The summed E-state index contributed by atoms with van der Waals surface area (Å²) in [6, 6.07) is 9.10. The van der Waals surface area contributed by atoms with Crippen LogP contribution in [-0.2, 0) is 15.6 Å². The van der Waals surface area contributed by atoms with Crippen LogP contribution in [0.3, 0.4) is 0 Å². The van der Waals surface area contributed by atoms with Gasteiger partial charge < -0.3 is 10.2 Å². The van der Waals surface area contributed by atoms with Gasteiger partial charge in [0.15, 0.2) is 9.84 Å². The Morgan fingerprint density at radius 1 is 1.22 bits per heavy atom. The smallest absolute Gasteiger partial charge is 0.317 e. The highest BCUT2D eigenvalue weighted by Gasteiger charge is 2.20. The van der Waals surface area contributed by atoms with Crippen molar-refractivity contribution in [1.82, 2.24) is 10.2 Å². The van der Waals surface area contributed by atoms with E-state index in [2.05, 4.69) is 12.2 Å². The molecule has 0 aliphatic carbocycles. The van der Waals surface area contributed by atoms with Crippen LogP contribution in [0.1, 0.15) is 31.7 Å². The zero-order valence-electron chi connectivity index (χ0n) is 13.7. The van der Waals surface area contributed by atoms with E-state index in [1.54, 1.807) is 0 Å². The molecule has 2 rings (SSSR count). The first-order valence-corrected chi connectivity index (χ1v) is 10.1. The maximum absolute atomic E-state index is 12.1. The third-order valence-electron chi connectivity index (χ3n) is 4.21. The Kier molecular flexibility index (Phi) is 6.45. The van der Waals surface area contributed by atoms with Crippen LogP contribution in [0.5, 0.6) is 0 Å². The Morgan fingerprint density at radius 3 is 2.52 bits per heavy atom. The van der Waals surface area contributed by atoms with Gasteiger partial charge in [-0.3, -0.25) is 0 Å². The maximum Gasteiger partial charge on any atom is 0.317 e. The van der Waals surface area contributed by atoms with Crippen LogP contribution >= 0.6 is 0 Å². The third kappa shape index (κ3) is 6.22. The minimum absolute atomic E-state index is 0.0613. The molecule has 1 heterocycles. The molecule has 0 aromatic heterocycles. The van der Waals surface area contributed by atoms with E-state index in [1.807, 2.05) is 35.2 Å². The molecule has 23 heavy (non-hydrogen) atoms. The number of amides is 2. The molecule has 0 bridgehead atoms. The number of sulfone groups is 1. The number of nitrogens with zero attached hydrogens (tertiary/aromatic N) is 1. The summed E-state index contributed by atoms with van der Waals surface area (Å²) in [5.74, 6) is 0.840. The van der Waals surface area contributed by atoms with Crippen LogP contribution in [-0.4, -0.2) is 44.7 Å². The van der Waals surface area contributed by atoms with Gasteiger partial charge in [-0.1, -0.05) is 37.3 Å². The van der Waals surface area contributed by atoms with Gasteiger partial charge in [0.05, 0.1) is 11.5 Å². The molecule has 1 fully saturated rings. The highest BCUT2D eigenvalue weighted by molar-refractivity contribution is 7.90. The van der Waals surface area contributed by atoms with E-state index in [4.69, 9.17) is 0 Å². The number of piperidine rings is 1. The summed E-state index contributed by atoms with van der Waals surface area (Å²) in [5, 5.41) is 2.83. The molecule has 1 saturated heterocycles. The predicted octanol–water partition coefficient (Wildman–Crippen LogP) is 2.43. The molecular weight excluding hydrogens is 312 g/mol. The van der Waals surface area contributed by atoms with Crippen LogP contribution in [0.4, 0.5) is 4.79 Å². The van der Waals surface area contributed by atoms with Crippen molar-refractivity contribution < 1.29 is 13.2 Å². The molecule has 0 radical (unpaired) electrons. The molecule has 128 valence electrons. The largest absolute Gasteiger partial charge is 0.338 e. The monoisotopic (exact) mass is 338 g/mol. The highest BCUT2D eigenvalue weighted by Crippen LogP contribution is 2.15. The average molecular weight is 338 g/mol. The first-order chi connectivity index (χ1) is 11.0. The van der Waals surface area contributed by atoms with Crippen molar-refractivity contribution >= 4 is 15.9 Å². The van der Waals surface area contributed by atoms with Crippen LogP contribution in [0.2, 0.25) is 0 Å². The van der Waals surface area contributed by atoms with Crippen LogP contribution < -0.4 is 5.32 Å². The number of rotatable bonds is 6. The number of carbonyl (C=O) groups is 1. The minimum atomic E-state index is -3.13. The van der Waals surface area contributed by atoms with Crippen molar-refractivity contribution in [2.24, 2.45) is 5.92 Å². The molecule has 5 nitrogen and oxygen atoms in total. The van der Waals surface area contributed by atoms with E-state index in [1.165, 1.54) is 0 Å². The van der Waals surface area contributed by atoms with E-state index in [0.717, 1.165) is 31.5 Å². The average Bonchev–Trinajstić information content (AvgIpc) is 2.52. The molecule has 0 saturated carbocycles. The van der Waals surface area contributed by atoms with Crippen LogP contribution in [0, 0.1) is 5.92 Å². The zero-order chi connectivity index (χ0) is 16.7. The quantitative estimate of drug-likeness (QED) is 0.810. The second-order valence-corrected chi connectivity index (χ2v) is 8.52. The fourth-order valence-electron chi connectivity index (χ4n) is 2.71. The first kappa shape index (κ1) is 17.8. The summed E-state index contributed by atoms with van der Waals surface area (Å²) in [4.78, 5) is 13.8. The SMILES string of the molecule is CC1CCN(C(=O)NCCCS(=O)(=O)Cc2ccccc2)CC1. The molecule has 1 aliphatic heterocycles. The van der Waals surface area contributed by atoms with Crippen molar-refractivity contribution in [3.8, 4) is 0 Å². The summed E-state index contributed by atoms with van der Waals surface area (Å²) in [6.07, 6.45) is 2.53. The van der Waals surface area contributed by atoms with E-state index < -0.39 is 9.84 Å². The van der Waals surface area contributed by atoms with Gasteiger partial charge in [-0.15, -0.1) is 0 Å². The van der Waals surface area contributed by atoms with E-state index in [-0.39, 0.29) is 17.5 Å². The fourth-order valence-corrected chi connectivity index (χ4v) is 4.14. The molecule has 1 aromatic carbocycles. The molecule has 0 unspecified atom stereocenters. The van der Waals surface area contributed by atoms with Gasteiger partial charge in [-0.25, -0.2) is 13.2 Å². The third-order valence-corrected chi connectivity index (χ3v) is 5.89. The highest BCUT2D eigenvalue weighted by atomic mass is 32.2. The molecule has 0 spiro atoms. The molecule has 6 heteroatoms. The molecule has 2 amide bonds. The Labute approximate surface area is 139 Å². The van der Waals surface area contributed by atoms with E-state index in [0.29, 0.717) is 18.9 Å². The van der Waals surface area contributed by atoms with Crippen LogP contribution in [0.25, 0.3) is 0 Å². The Morgan fingerprint density at radius 2 is 1.87 bits per heavy atom. The first-order valence-electron chi connectivity index (χ1n) is 8.23. The van der Waals surface area contributed by atoms with Gasteiger partial charge in [-0.05, 0) is 30.7 Å². The van der Waals surface area contributed by atoms with E-state index >= 15 is 0 Å². The standard InChI is InChI=1S/C17H26N2O3S/c1-15-8-11-19(12-9-15)17(20)18-10-5-13-23(21,22)14-16-6-3-2-4-7-16/h2-4,6-7,15H,5,8-14H2,1H3,(H,18,20). The van der Waals surface area contributed by atoms with Crippen molar-refractivity contribution in [2.45, 2.75) is 31.9 Å². The summed E-state index contributed by atoms with van der Waals surface area (Å²) in [6.45, 7) is 4.18. The number of hydrogen-bond acceptors (Lipinski definition) is 3. The Bertz CT molecular complexity index is 594. The van der Waals surface area contributed by atoms with Crippen LogP contribution in [0.15, 0.2) is 30.3 Å². The normalized spacial score (nSPS) is 16.3. The zero-order valence-corrected chi connectivity index (χ0v) is 14.5. The van der Waals surface area contributed by atoms with Crippen molar-refractivity contribution in [2.75, 3.05) is 25.4 Å². The number of likely N-dealkylation sites (tertiary alicyclic amines) is 1.